The molecule has 4 heteroatoms. The molecule has 0 amide bonds. The van der Waals surface area contributed by atoms with Gasteiger partial charge in [0, 0.05) is 12.6 Å². The van der Waals surface area contributed by atoms with Crippen LogP contribution in [-0.2, 0) is 9.84 Å². The maximum atomic E-state index is 11.8. The van der Waals surface area contributed by atoms with Gasteiger partial charge in [-0.1, -0.05) is 32.0 Å². The molecule has 0 aliphatic carbocycles. The van der Waals surface area contributed by atoms with Crippen molar-refractivity contribution in [3.63, 3.8) is 0 Å². The van der Waals surface area contributed by atoms with Crippen LogP contribution in [0.1, 0.15) is 13.8 Å². The lowest BCUT2D eigenvalue weighted by atomic mass is 10.4. The maximum absolute atomic E-state index is 11.8. The molecule has 0 aromatic heterocycles. The average molecular weight is 227 g/mol. The first-order chi connectivity index (χ1) is 7.02. The molecule has 0 aliphatic heterocycles. The van der Waals surface area contributed by atoms with Gasteiger partial charge in [-0.25, -0.2) is 8.42 Å². The molecule has 0 bridgehead atoms. The molecule has 3 nitrogen and oxygen atoms in total. The van der Waals surface area contributed by atoms with Gasteiger partial charge in [0.1, 0.15) is 0 Å². The minimum Gasteiger partial charge on any atom is -0.314 e. The van der Waals surface area contributed by atoms with Crippen molar-refractivity contribution in [1.29, 1.82) is 0 Å². The van der Waals surface area contributed by atoms with Crippen LogP contribution in [-0.4, -0.2) is 26.8 Å². The van der Waals surface area contributed by atoms with Crippen molar-refractivity contribution in [2.24, 2.45) is 0 Å². The fourth-order valence-corrected chi connectivity index (χ4v) is 2.42. The summed E-state index contributed by atoms with van der Waals surface area (Å²) in [5, 5.41) is 3.09. The van der Waals surface area contributed by atoms with E-state index in [0.717, 1.165) is 0 Å². The van der Waals surface area contributed by atoms with Gasteiger partial charge in [-0.05, 0) is 12.1 Å². The molecule has 0 radical (unpaired) electrons. The molecule has 0 unspecified atom stereocenters. The fourth-order valence-electron chi connectivity index (χ4n) is 1.23. The molecule has 1 aromatic carbocycles. The van der Waals surface area contributed by atoms with Crippen molar-refractivity contribution >= 4 is 9.84 Å². The maximum Gasteiger partial charge on any atom is 0.179 e. The van der Waals surface area contributed by atoms with E-state index in [2.05, 4.69) is 5.32 Å². The predicted molar refractivity (Wildman–Crippen MR) is 61.6 cm³/mol. The minimum absolute atomic E-state index is 0.148. The Labute approximate surface area is 91.4 Å². The summed E-state index contributed by atoms with van der Waals surface area (Å²) in [4.78, 5) is 0.399. The number of rotatable bonds is 5. The standard InChI is InChI=1S/C11H17NO2S/c1-10(2)12-8-9-15(13,14)11-6-4-3-5-7-11/h3-7,10,12H,8-9H2,1-2H3. The van der Waals surface area contributed by atoms with Gasteiger partial charge in [0.2, 0.25) is 0 Å². The third-order valence-electron chi connectivity index (χ3n) is 2.03. The van der Waals surface area contributed by atoms with Crippen LogP contribution < -0.4 is 5.32 Å². The first-order valence-corrected chi connectivity index (χ1v) is 6.69. The highest BCUT2D eigenvalue weighted by Crippen LogP contribution is 2.09. The lowest BCUT2D eigenvalue weighted by Gasteiger charge is -2.08. The predicted octanol–water partition coefficient (Wildman–Crippen LogP) is 1.46. The Morgan fingerprint density at radius 3 is 2.33 bits per heavy atom. The second-order valence-electron chi connectivity index (χ2n) is 3.74. The highest BCUT2D eigenvalue weighted by Gasteiger charge is 2.12. The average Bonchev–Trinajstić information content (AvgIpc) is 2.18. The number of nitrogens with one attached hydrogen (secondary N) is 1. The largest absolute Gasteiger partial charge is 0.314 e. The number of hydrogen-bond acceptors (Lipinski definition) is 3. The second-order valence-corrected chi connectivity index (χ2v) is 5.85. The smallest absolute Gasteiger partial charge is 0.179 e. The van der Waals surface area contributed by atoms with E-state index in [1.54, 1.807) is 24.3 Å². The SMILES string of the molecule is CC(C)NCCS(=O)(=O)c1ccccc1. The quantitative estimate of drug-likeness (QED) is 0.828. The van der Waals surface area contributed by atoms with Crippen LogP contribution in [0.25, 0.3) is 0 Å². The van der Waals surface area contributed by atoms with E-state index in [-0.39, 0.29) is 5.75 Å². The zero-order valence-corrected chi connectivity index (χ0v) is 9.92. The summed E-state index contributed by atoms with van der Waals surface area (Å²) in [6.07, 6.45) is 0. The van der Waals surface area contributed by atoms with E-state index in [1.807, 2.05) is 19.9 Å². The third kappa shape index (κ3) is 4.01. The second kappa shape index (κ2) is 5.28. The topological polar surface area (TPSA) is 46.2 Å². The molecular formula is C11H17NO2S. The molecule has 1 aromatic rings. The van der Waals surface area contributed by atoms with Crippen LogP contribution in [0.2, 0.25) is 0 Å². The molecule has 1 rings (SSSR count). The summed E-state index contributed by atoms with van der Waals surface area (Å²) in [6.45, 7) is 4.49. The summed E-state index contributed by atoms with van der Waals surface area (Å²) in [5.74, 6) is 0.148. The van der Waals surface area contributed by atoms with Crippen LogP contribution in [0.15, 0.2) is 35.2 Å². The Hall–Kier alpha value is -0.870. The summed E-state index contributed by atoms with van der Waals surface area (Å²) >= 11 is 0. The fraction of sp³-hybridized carbons (Fsp3) is 0.455. The number of sulfone groups is 1. The normalized spacial score (nSPS) is 11.9. The van der Waals surface area contributed by atoms with Gasteiger partial charge in [0.05, 0.1) is 10.6 Å². The summed E-state index contributed by atoms with van der Waals surface area (Å²) in [7, 11) is -3.12. The molecule has 0 aliphatic rings. The van der Waals surface area contributed by atoms with Crippen LogP contribution in [0.3, 0.4) is 0 Å². The first kappa shape index (κ1) is 12.2. The lowest BCUT2D eigenvalue weighted by molar-refractivity contribution is 0.578. The highest BCUT2D eigenvalue weighted by atomic mass is 32.2. The molecule has 0 spiro atoms. The molecule has 1 N–H and O–H groups in total. The minimum atomic E-state index is -3.12. The number of benzene rings is 1. The van der Waals surface area contributed by atoms with Crippen molar-refractivity contribution in [2.45, 2.75) is 24.8 Å². The molecule has 0 saturated heterocycles. The Kier molecular flexibility index (Phi) is 4.29. The van der Waals surface area contributed by atoms with Gasteiger partial charge < -0.3 is 5.32 Å². The van der Waals surface area contributed by atoms with Crippen LogP contribution in [0.4, 0.5) is 0 Å². The van der Waals surface area contributed by atoms with Crippen LogP contribution in [0, 0.1) is 0 Å². The molecule has 15 heavy (non-hydrogen) atoms. The molecule has 0 fully saturated rings. The van der Waals surface area contributed by atoms with Crippen molar-refractivity contribution in [3.8, 4) is 0 Å². The van der Waals surface area contributed by atoms with Gasteiger partial charge in [0.15, 0.2) is 9.84 Å². The summed E-state index contributed by atoms with van der Waals surface area (Å²) < 4.78 is 23.5. The van der Waals surface area contributed by atoms with E-state index in [4.69, 9.17) is 0 Å². The first-order valence-electron chi connectivity index (χ1n) is 5.03. The zero-order chi connectivity index (χ0) is 11.3. The van der Waals surface area contributed by atoms with Crippen molar-refractivity contribution in [1.82, 2.24) is 5.32 Å². The Morgan fingerprint density at radius 2 is 1.80 bits per heavy atom. The van der Waals surface area contributed by atoms with Gasteiger partial charge in [-0.2, -0.15) is 0 Å². The summed E-state index contributed by atoms with van der Waals surface area (Å²) in [5.41, 5.74) is 0. The summed E-state index contributed by atoms with van der Waals surface area (Å²) in [6, 6.07) is 8.86. The molecule has 0 atom stereocenters. The Balaban J connectivity index is 2.61. The highest BCUT2D eigenvalue weighted by molar-refractivity contribution is 7.91. The van der Waals surface area contributed by atoms with Gasteiger partial charge >= 0.3 is 0 Å². The van der Waals surface area contributed by atoms with E-state index in [1.165, 1.54) is 0 Å². The van der Waals surface area contributed by atoms with Gasteiger partial charge in [0.25, 0.3) is 0 Å². The van der Waals surface area contributed by atoms with Gasteiger partial charge in [-0.3, -0.25) is 0 Å². The van der Waals surface area contributed by atoms with Crippen LogP contribution in [0.5, 0.6) is 0 Å². The van der Waals surface area contributed by atoms with Gasteiger partial charge in [-0.15, -0.1) is 0 Å². The monoisotopic (exact) mass is 227 g/mol. The zero-order valence-electron chi connectivity index (χ0n) is 9.10. The van der Waals surface area contributed by atoms with Crippen molar-refractivity contribution in [3.05, 3.63) is 30.3 Å². The van der Waals surface area contributed by atoms with Crippen LogP contribution >= 0.6 is 0 Å². The molecule has 84 valence electrons. The van der Waals surface area contributed by atoms with E-state index in [0.29, 0.717) is 17.5 Å². The Morgan fingerprint density at radius 1 is 1.20 bits per heavy atom. The van der Waals surface area contributed by atoms with Crippen molar-refractivity contribution < 1.29 is 8.42 Å². The Bertz CT molecular complexity index is 384. The molecule has 0 saturated carbocycles. The third-order valence-corrected chi connectivity index (χ3v) is 3.76. The van der Waals surface area contributed by atoms with E-state index >= 15 is 0 Å². The molecule has 0 heterocycles. The number of hydrogen-bond donors (Lipinski definition) is 1. The van der Waals surface area contributed by atoms with Crippen molar-refractivity contribution in [2.75, 3.05) is 12.3 Å². The lowest BCUT2D eigenvalue weighted by Crippen LogP contribution is -2.28. The molecular weight excluding hydrogens is 210 g/mol. The van der Waals surface area contributed by atoms with E-state index in [9.17, 15) is 8.42 Å². The van der Waals surface area contributed by atoms with E-state index < -0.39 is 9.84 Å².